The van der Waals surface area contributed by atoms with E-state index in [4.69, 9.17) is 5.73 Å². The number of aromatic hydroxyl groups is 1. The Labute approximate surface area is 95.7 Å². The number of nitrogens with two attached hydrogens (primary N) is 1. The first kappa shape index (κ1) is 12.9. The van der Waals surface area contributed by atoms with Crippen LogP contribution in [0.2, 0.25) is 0 Å². The zero-order valence-corrected chi connectivity index (χ0v) is 9.78. The van der Waals surface area contributed by atoms with Gasteiger partial charge in [0.1, 0.15) is 11.9 Å². The van der Waals surface area contributed by atoms with Crippen molar-refractivity contribution in [2.45, 2.75) is 19.1 Å². The molecule has 1 aromatic rings. The first-order valence-electron chi connectivity index (χ1n) is 5.35. The Morgan fingerprint density at radius 1 is 1.44 bits per heavy atom. The largest absolute Gasteiger partial charge is 0.508 e. The van der Waals surface area contributed by atoms with E-state index in [1.165, 1.54) is 6.07 Å². The molecule has 1 unspecified atom stereocenters. The lowest BCUT2D eigenvalue weighted by molar-refractivity contribution is 0.326. The molecule has 0 aliphatic rings. The zero-order chi connectivity index (χ0) is 12.1. The Kier molecular flexibility index (Phi) is 4.71. The van der Waals surface area contributed by atoms with Crippen LogP contribution < -0.4 is 5.73 Å². The van der Waals surface area contributed by atoms with Crippen LogP contribution in [-0.4, -0.2) is 30.6 Å². The van der Waals surface area contributed by atoms with Crippen molar-refractivity contribution in [3.63, 3.8) is 0 Å². The standard InChI is InChI=1S/C12H19FN2O/c1-15(2)8-10-7-9(3-4-12(10)16)11(13)5-6-14/h3-4,7,11,16H,5-6,8,14H2,1-2H3. The van der Waals surface area contributed by atoms with Crippen molar-refractivity contribution in [2.24, 2.45) is 5.73 Å². The number of alkyl halides is 1. The highest BCUT2D eigenvalue weighted by Crippen LogP contribution is 2.26. The van der Waals surface area contributed by atoms with Gasteiger partial charge in [-0.1, -0.05) is 6.07 Å². The Bertz CT molecular complexity index is 342. The lowest BCUT2D eigenvalue weighted by Crippen LogP contribution is -2.11. The predicted octanol–water partition coefficient (Wildman–Crippen LogP) is 1.81. The van der Waals surface area contributed by atoms with Crippen LogP contribution in [0.25, 0.3) is 0 Å². The summed E-state index contributed by atoms with van der Waals surface area (Å²) in [5, 5.41) is 9.62. The summed E-state index contributed by atoms with van der Waals surface area (Å²) in [6.45, 7) is 0.917. The summed E-state index contributed by atoms with van der Waals surface area (Å²) in [5.41, 5.74) is 6.64. The average molecular weight is 226 g/mol. The molecule has 1 atom stereocenters. The van der Waals surface area contributed by atoms with Crippen LogP contribution in [0.5, 0.6) is 5.75 Å². The van der Waals surface area contributed by atoms with E-state index >= 15 is 0 Å². The second kappa shape index (κ2) is 5.82. The zero-order valence-electron chi connectivity index (χ0n) is 9.78. The fourth-order valence-corrected chi connectivity index (χ4v) is 1.58. The third-order valence-corrected chi connectivity index (χ3v) is 2.37. The highest BCUT2D eigenvalue weighted by Gasteiger charge is 2.11. The SMILES string of the molecule is CN(C)Cc1cc(C(F)CCN)ccc1O. The maximum atomic E-state index is 13.6. The molecule has 0 amide bonds. The number of hydrogen-bond acceptors (Lipinski definition) is 3. The molecule has 0 aliphatic carbocycles. The van der Waals surface area contributed by atoms with Gasteiger partial charge in [-0.25, -0.2) is 4.39 Å². The van der Waals surface area contributed by atoms with E-state index in [9.17, 15) is 9.50 Å². The number of benzene rings is 1. The van der Waals surface area contributed by atoms with Crippen molar-refractivity contribution >= 4 is 0 Å². The van der Waals surface area contributed by atoms with Crippen molar-refractivity contribution in [3.05, 3.63) is 29.3 Å². The molecule has 0 aliphatic heterocycles. The Hall–Kier alpha value is -1.13. The minimum absolute atomic E-state index is 0.206. The van der Waals surface area contributed by atoms with Crippen molar-refractivity contribution < 1.29 is 9.50 Å². The van der Waals surface area contributed by atoms with Gasteiger partial charge in [0.15, 0.2) is 0 Å². The number of hydrogen-bond donors (Lipinski definition) is 2. The molecule has 0 bridgehead atoms. The monoisotopic (exact) mass is 226 g/mol. The number of phenolic OH excluding ortho intramolecular Hbond substituents is 1. The fourth-order valence-electron chi connectivity index (χ4n) is 1.58. The molecule has 0 fully saturated rings. The Balaban J connectivity index is 2.88. The van der Waals surface area contributed by atoms with Gasteiger partial charge < -0.3 is 15.7 Å². The second-order valence-corrected chi connectivity index (χ2v) is 4.17. The molecule has 1 rings (SSSR count). The number of nitrogens with zero attached hydrogens (tertiary/aromatic N) is 1. The third kappa shape index (κ3) is 3.47. The van der Waals surface area contributed by atoms with Gasteiger partial charge in [-0.2, -0.15) is 0 Å². The van der Waals surface area contributed by atoms with Crippen LogP contribution in [0, 0.1) is 0 Å². The summed E-state index contributed by atoms with van der Waals surface area (Å²) in [4.78, 5) is 1.93. The summed E-state index contributed by atoms with van der Waals surface area (Å²) in [6, 6.07) is 4.85. The number of rotatable bonds is 5. The summed E-state index contributed by atoms with van der Waals surface area (Å²) in [6.07, 6.45) is -0.738. The van der Waals surface area contributed by atoms with Crippen LogP contribution in [0.1, 0.15) is 23.7 Å². The van der Waals surface area contributed by atoms with Gasteiger partial charge in [0.05, 0.1) is 0 Å². The molecule has 1 aromatic carbocycles. The van der Waals surface area contributed by atoms with Crippen LogP contribution in [0.3, 0.4) is 0 Å². The van der Waals surface area contributed by atoms with E-state index < -0.39 is 6.17 Å². The van der Waals surface area contributed by atoms with Crippen molar-refractivity contribution in [1.29, 1.82) is 0 Å². The molecule has 0 heterocycles. The molecule has 16 heavy (non-hydrogen) atoms. The molecule has 0 saturated heterocycles. The van der Waals surface area contributed by atoms with E-state index in [2.05, 4.69) is 0 Å². The molecular weight excluding hydrogens is 207 g/mol. The maximum Gasteiger partial charge on any atom is 0.126 e. The lowest BCUT2D eigenvalue weighted by Gasteiger charge is -2.14. The summed E-state index contributed by atoms with van der Waals surface area (Å²) >= 11 is 0. The van der Waals surface area contributed by atoms with Crippen molar-refractivity contribution in [1.82, 2.24) is 4.90 Å². The smallest absolute Gasteiger partial charge is 0.126 e. The van der Waals surface area contributed by atoms with Crippen LogP contribution >= 0.6 is 0 Å². The minimum atomic E-state index is -1.05. The number of halogens is 1. The molecule has 0 spiro atoms. The summed E-state index contributed by atoms with van der Waals surface area (Å²) in [7, 11) is 3.80. The highest BCUT2D eigenvalue weighted by atomic mass is 19.1. The van der Waals surface area contributed by atoms with Crippen molar-refractivity contribution in [2.75, 3.05) is 20.6 Å². The molecule has 90 valence electrons. The third-order valence-electron chi connectivity index (χ3n) is 2.37. The van der Waals surface area contributed by atoms with Crippen LogP contribution in [0.15, 0.2) is 18.2 Å². The molecule has 3 N–H and O–H groups in total. The first-order chi connectivity index (χ1) is 7.54. The Morgan fingerprint density at radius 3 is 2.69 bits per heavy atom. The average Bonchev–Trinajstić information content (AvgIpc) is 2.21. The van der Waals surface area contributed by atoms with Crippen LogP contribution in [-0.2, 0) is 6.54 Å². The lowest BCUT2D eigenvalue weighted by atomic mass is 10.0. The summed E-state index contributed by atoms with van der Waals surface area (Å²) in [5.74, 6) is 0.206. The normalized spacial score (nSPS) is 13.1. The van der Waals surface area contributed by atoms with Gasteiger partial charge in [-0.15, -0.1) is 0 Å². The second-order valence-electron chi connectivity index (χ2n) is 4.17. The molecule has 4 heteroatoms. The molecule has 3 nitrogen and oxygen atoms in total. The van der Waals surface area contributed by atoms with Crippen LogP contribution in [0.4, 0.5) is 4.39 Å². The summed E-state index contributed by atoms with van der Waals surface area (Å²) < 4.78 is 13.6. The fraction of sp³-hybridized carbons (Fsp3) is 0.500. The van der Waals surface area contributed by atoms with E-state index in [1.54, 1.807) is 12.1 Å². The highest BCUT2D eigenvalue weighted by molar-refractivity contribution is 5.37. The van der Waals surface area contributed by atoms with Gasteiger partial charge in [-0.05, 0) is 44.8 Å². The van der Waals surface area contributed by atoms with E-state index in [1.807, 2.05) is 19.0 Å². The number of phenols is 1. The maximum absolute atomic E-state index is 13.6. The van der Waals surface area contributed by atoms with E-state index in [-0.39, 0.29) is 5.75 Å². The topological polar surface area (TPSA) is 49.5 Å². The van der Waals surface area contributed by atoms with Gasteiger partial charge >= 0.3 is 0 Å². The van der Waals surface area contributed by atoms with Gasteiger partial charge in [-0.3, -0.25) is 0 Å². The Morgan fingerprint density at radius 2 is 2.12 bits per heavy atom. The van der Waals surface area contributed by atoms with Gasteiger partial charge in [0.25, 0.3) is 0 Å². The first-order valence-corrected chi connectivity index (χ1v) is 5.35. The quantitative estimate of drug-likeness (QED) is 0.805. The van der Waals surface area contributed by atoms with E-state index in [0.29, 0.717) is 25.1 Å². The van der Waals surface area contributed by atoms with Gasteiger partial charge in [0, 0.05) is 12.1 Å². The van der Waals surface area contributed by atoms with Crippen molar-refractivity contribution in [3.8, 4) is 5.75 Å². The molecule has 0 aromatic heterocycles. The molecular formula is C12H19FN2O. The predicted molar refractivity (Wildman–Crippen MR) is 63.0 cm³/mol. The minimum Gasteiger partial charge on any atom is -0.508 e. The van der Waals surface area contributed by atoms with E-state index in [0.717, 1.165) is 5.56 Å². The van der Waals surface area contributed by atoms with Gasteiger partial charge in [0.2, 0.25) is 0 Å². The molecule has 0 radical (unpaired) electrons. The molecule has 0 saturated carbocycles.